The maximum absolute atomic E-state index is 13.4. The van der Waals surface area contributed by atoms with Crippen LogP contribution in [0, 0.1) is 13.8 Å². The van der Waals surface area contributed by atoms with E-state index in [0.29, 0.717) is 17.2 Å². The topological polar surface area (TPSA) is 97.0 Å². The molecule has 0 amide bonds. The molecule has 1 N–H and O–H groups in total. The summed E-state index contributed by atoms with van der Waals surface area (Å²) in [5.41, 5.74) is 4.61. The van der Waals surface area contributed by atoms with Gasteiger partial charge in [0.2, 0.25) is 5.09 Å². The third kappa shape index (κ3) is 4.48. The average Bonchev–Trinajstić information content (AvgIpc) is 3.41. The maximum atomic E-state index is 13.4. The lowest BCUT2D eigenvalue weighted by atomic mass is 10.1. The Bertz CT molecular complexity index is 1310. The van der Waals surface area contributed by atoms with Crippen molar-refractivity contribution < 1.29 is 27.5 Å². The number of carboxylic acids is 1. The standard InChI is InChI=1S/C25H27NO6S/c1-4-26(33(29,30)24-11-8-17(3)32-24)22-13-18-6-5-7-19(18)14-23(22)31-15-21-10-9-20(25(27)28)12-16(21)2/h8-14H,4-7,15H2,1-3H3,(H,27,28). The Morgan fingerprint density at radius 2 is 1.82 bits per heavy atom. The number of carbonyl (C=O) groups is 1. The van der Waals surface area contributed by atoms with Crippen molar-refractivity contribution in [2.45, 2.75) is 51.7 Å². The minimum atomic E-state index is -3.91. The molecule has 1 aromatic heterocycles. The lowest BCUT2D eigenvalue weighted by Gasteiger charge is -2.25. The van der Waals surface area contributed by atoms with E-state index >= 15 is 0 Å². The van der Waals surface area contributed by atoms with Gasteiger partial charge in [0, 0.05) is 6.54 Å². The first-order valence-corrected chi connectivity index (χ1v) is 12.3. The van der Waals surface area contributed by atoms with E-state index < -0.39 is 16.0 Å². The number of carboxylic acid groups (broad SMARTS) is 1. The second kappa shape index (κ2) is 8.94. The molecule has 0 saturated carbocycles. The summed E-state index contributed by atoms with van der Waals surface area (Å²) in [6.45, 7) is 5.71. The van der Waals surface area contributed by atoms with Gasteiger partial charge in [0.15, 0.2) is 0 Å². The average molecular weight is 470 g/mol. The summed E-state index contributed by atoms with van der Waals surface area (Å²) in [5.74, 6) is 0.0184. The minimum absolute atomic E-state index is 0.103. The van der Waals surface area contributed by atoms with Crippen molar-refractivity contribution in [3.63, 3.8) is 0 Å². The molecule has 0 saturated heterocycles. The summed E-state index contributed by atoms with van der Waals surface area (Å²) in [7, 11) is -3.91. The number of furan rings is 1. The molecule has 0 fully saturated rings. The number of aromatic carboxylic acids is 1. The van der Waals surface area contributed by atoms with Crippen LogP contribution in [-0.2, 0) is 29.5 Å². The summed E-state index contributed by atoms with van der Waals surface area (Å²) in [5, 5.41) is 9.09. The van der Waals surface area contributed by atoms with E-state index in [2.05, 4.69) is 0 Å². The fraction of sp³-hybridized carbons (Fsp3) is 0.320. The van der Waals surface area contributed by atoms with Crippen LogP contribution < -0.4 is 9.04 Å². The van der Waals surface area contributed by atoms with Gasteiger partial charge in [0.1, 0.15) is 18.1 Å². The molecule has 174 valence electrons. The summed E-state index contributed by atoms with van der Waals surface area (Å²) in [4.78, 5) is 11.2. The van der Waals surface area contributed by atoms with Gasteiger partial charge in [-0.3, -0.25) is 4.31 Å². The van der Waals surface area contributed by atoms with E-state index in [1.54, 1.807) is 38.1 Å². The first-order chi connectivity index (χ1) is 15.7. The van der Waals surface area contributed by atoms with E-state index in [0.717, 1.165) is 41.5 Å². The highest BCUT2D eigenvalue weighted by atomic mass is 32.2. The molecule has 0 atom stereocenters. The molecule has 1 aliphatic carbocycles. The van der Waals surface area contributed by atoms with Gasteiger partial charge in [-0.1, -0.05) is 6.07 Å². The molecule has 0 bridgehead atoms. The Morgan fingerprint density at radius 3 is 2.42 bits per heavy atom. The molecule has 4 rings (SSSR count). The summed E-state index contributed by atoms with van der Waals surface area (Å²) < 4.78 is 39.7. The molecular formula is C25H27NO6S. The molecule has 33 heavy (non-hydrogen) atoms. The minimum Gasteiger partial charge on any atom is -0.487 e. The van der Waals surface area contributed by atoms with E-state index in [1.807, 2.05) is 19.1 Å². The smallest absolute Gasteiger partial charge is 0.335 e. The Labute approximate surface area is 193 Å². The van der Waals surface area contributed by atoms with E-state index in [1.165, 1.54) is 10.4 Å². The predicted molar refractivity (Wildman–Crippen MR) is 125 cm³/mol. The van der Waals surface area contributed by atoms with Gasteiger partial charge in [-0.05, 0) is 98.7 Å². The summed E-state index contributed by atoms with van der Waals surface area (Å²) >= 11 is 0. The largest absolute Gasteiger partial charge is 0.487 e. The molecule has 8 heteroatoms. The van der Waals surface area contributed by atoms with Crippen LogP contribution in [0.15, 0.2) is 52.0 Å². The Morgan fingerprint density at radius 1 is 1.09 bits per heavy atom. The number of hydrogen-bond acceptors (Lipinski definition) is 5. The molecule has 0 spiro atoms. The van der Waals surface area contributed by atoms with Gasteiger partial charge in [0.05, 0.1) is 11.3 Å². The maximum Gasteiger partial charge on any atom is 0.335 e. The van der Waals surface area contributed by atoms with Crippen LogP contribution in [0.1, 0.15) is 51.7 Å². The number of rotatable bonds is 8. The van der Waals surface area contributed by atoms with E-state index in [4.69, 9.17) is 9.15 Å². The monoisotopic (exact) mass is 469 g/mol. The van der Waals surface area contributed by atoms with Gasteiger partial charge in [-0.25, -0.2) is 4.79 Å². The van der Waals surface area contributed by atoms with Crippen molar-refractivity contribution in [2.24, 2.45) is 0 Å². The van der Waals surface area contributed by atoms with Crippen LogP contribution in [-0.4, -0.2) is 26.0 Å². The lowest BCUT2D eigenvalue weighted by Crippen LogP contribution is -2.31. The number of sulfonamides is 1. The summed E-state index contributed by atoms with van der Waals surface area (Å²) in [6.07, 6.45) is 2.84. The number of anilines is 1. The molecule has 1 heterocycles. The van der Waals surface area contributed by atoms with Crippen molar-refractivity contribution >= 4 is 21.7 Å². The number of aryl methyl sites for hydroxylation is 4. The van der Waals surface area contributed by atoms with Gasteiger partial charge < -0.3 is 14.3 Å². The molecule has 3 aromatic rings. The van der Waals surface area contributed by atoms with Gasteiger partial charge in [0.25, 0.3) is 10.0 Å². The Balaban J connectivity index is 1.71. The van der Waals surface area contributed by atoms with Crippen molar-refractivity contribution in [1.29, 1.82) is 0 Å². The molecule has 0 aliphatic heterocycles. The number of benzene rings is 2. The first kappa shape index (κ1) is 22.9. The van der Waals surface area contributed by atoms with Crippen molar-refractivity contribution in [3.8, 4) is 5.75 Å². The highest BCUT2D eigenvalue weighted by Crippen LogP contribution is 2.39. The van der Waals surface area contributed by atoms with E-state index in [9.17, 15) is 18.3 Å². The fourth-order valence-corrected chi connectivity index (χ4v) is 5.61. The van der Waals surface area contributed by atoms with Gasteiger partial charge in [-0.2, -0.15) is 8.42 Å². The van der Waals surface area contributed by atoms with E-state index in [-0.39, 0.29) is 23.8 Å². The zero-order chi connectivity index (χ0) is 23.8. The van der Waals surface area contributed by atoms with Crippen LogP contribution >= 0.6 is 0 Å². The predicted octanol–water partition coefficient (Wildman–Crippen LogP) is 4.88. The molecule has 0 radical (unpaired) electrons. The van der Waals surface area contributed by atoms with Gasteiger partial charge >= 0.3 is 5.97 Å². The van der Waals surface area contributed by atoms with Crippen LogP contribution in [0.25, 0.3) is 0 Å². The second-order valence-corrected chi connectivity index (χ2v) is 10.0. The van der Waals surface area contributed by atoms with Crippen molar-refractivity contribution in [1.82, 2.24) is 0 Å². The summed E-state index contributed by atoms with van der Waals surface area (Å²) in [6, 6.07) is 11.8. The van der Waals surface area contributed by atoms with Gasteiger partial charge in [-0.15, -0.1) is 0 Å². The van der Waals surface area contributed by atoms with Crippen LogP contribution in [0.4, 0.5) is 5.69 Å². The molecule has 0 unspecified atom stereocenters. The number of nitrogens with zero attached hydrogens (tertiary/aromatic N) is 1. The second-order valence-electron chi connectivity index (χ2n) is 8.21. The van der Waals surface area contributed by atoms with Crippen LogP contribution in [0.5, 0.6) is 5.75 Å². The SMILES string of the molecule is CCN(c1cc2c(cc1OCc1ccc(C(=O)O)cc1C)CCC2)S(=O)(=O)c1ccc(C)o1. The Hall–Kier alpha value is -3.26. The fourth-order valence-electron chi connectivity index (χ4n) is 4.17. The number of fused-ring (bicyclic) bond motifs is 1. The third-order valence-electron chi connectivity index (χ3n) is 5.96. The normalized spacial score (nSPS) is 13.1. The zero-order valence-electron chi connectivity index (χ0n) is 18.9. The number of hydrogen-bond donors (Lipinski definition) is 1. The van der Waals surface area contributed by atoms with Crippen LogP contribution in [0.3, 0.4) is 0 Å². The van der Waals surface area contributed by atoms with Crippen LogP contribution in [0.2, 0.25) is 0 Å². The third-order valence-corrected chi connectivity index (χ3v) is 7.73. The molecular weight excluding hydrogens is 442 g/mol. The molecule has 7 nitrogen and oxygen atoms in total. The zero-order valence-corrected chi connectivity index (χ0v) is 19.7. The highest BCUT2D eigenvalue weighted by Gasteiger charge is 2.30. The Kier molecular flexibility index (Phi) is 6.21. The highest BCUT2D eigenvalue weighted by molar-refractivity contribution is 7.92. The molecule has 1 aliphatic rings. The molecule has 2 aromatic carbocycles. The number of ether oxygens (including phenoxy) is 1. The van der Waals surface area contributed by atoms with Crippen molar-refractivity contribution in [2.75, 3.05) is 10.8 Å². The van der Waals surface area contributed by atoms with Crippen molar-refractivity contribution in [3.05, 3.63) is 76.0 Å². The first-order valence-electron chi connectivity index (χ1n) is 10.9. The lowest BCUT2D eigenvalue weighted by molar-refractivity contribution is 0.0696. The quantitative estimate of drug-likeness (QED) is 0.505.